The predicted molar refractivity (Wildman–Crippen MR) is 399 cm³/mol. The lowest BCUT2D eigenvalue weighted by Crippen LogP contribution is -2.47. The first-order valence-electron chi connectivity index (χ1n) is 34.1. The van der Waals surface area contributed by atoms with Gasteiger partial charge in [-0.3, -0.25) is 9.59 Å². The number of nitrogens with zero attached hydrogens (tertiary/aromatic N) is 2. The molecule has 9 rings (SSSR count). The van der Waals surface area contributed by atoms with Crippen LogP contribution < -0.4 is 19.5 Å². The van der Waals surface area contributed by atoms with Gasteiger partial charge in [0.25, 0.3) is 11.8 Å². The number of unbranched alkanes of at least 4 members (excludes halogenated alkanes) is 3. The van der Waals surface area contributed by atoms with Crippen LogP contribution in [0.2, 0.25) is 58.9 Å². The zero-order valence-corrected chi connectivity index (χ0v) is 63.4. The lowest BCUT2D eigenvalue weighted by Gasteiger charge is -2.43. The van der Waals surface area contributed by atoms with E-state index in [9.17, 15) is 32.3 Å². The van der Waals surface area contributed by atoms with Crippen molar-refractivity contribution in [1.82, 2.24) is 15.1 Å². The molecule has 3 aliphatic heterocycles. The number of amides is 2. The van der Waals surface area contributed by atoms with Crippen LogP contribution in [0.1, 0.15) is 147 Å². The quantitative estimate of drug-likeness (QED) is 0.0668. The molecule has 3 N–H and O–H groups in total. The molecule has 3 heterocycles. The standard InChI is InChI=1S/C26H32FNO2Si.C23H24FNO2.C20H24FNO.2C6H10O2Si/c1-6-7-8-22-17-20-18-23(30-2)13-14-24(20)26(19-9-11-21(27)12-10-19)28(22)25(29)15-16-31(3,4)5;1-4-6-7-19-14-17-15-20(27-3)12-13-21(17)23(25(19)22(26)5-2)16-8-10-18(24)11-9-16;1-3-4-5-17-12-15-13-18(23-2)10-11-19(15)20(22-17)14-6-8-16(21)9-7-14;2*1-9(2,3)5-4-6(7)8/h9-14,18,22,26H,6-8,17H2,1-5H3;2,8-13,15,19,23H,4,6-7,14H2,1,3H3;6-11,13,17,20,22H,3-5,12H2,1-2H3;2*1-3H3,(H,7,8)/t22-,26-;19-,23-;17-,20-;;/m000../s1. The van der Waals surface area contributed by atoms with Gasteiger partial charge < -0.3 is 39.5 Å². The molecule has 2 amide bonds. The van der Waals surface area contributed by atoms with Gasteiger partial charge in [0.2, 0.25) is 0 Å². The fourth-order valence-corrected chi connectivity index (χ4v) is 13.3. The number of benzene rings is 6. The first kappa shape index (κ1) is 80.9. The SMILES string of the molecule is C#CC(=O)N1[C@@H](CCCC)Cc2cc(OC)ccc2[C@@H]1c1ccc(F)cc1.CCCC[C@H]1Cc2cc(OC)ccc2[C@H](c2ccc(F)cc2)N1.CCCC[C@H]1Cc2cc(OC)ccc2[C@H](c2ccc(F)cc2)N1C(=O)C#C[Si](C)(C)C.C[Si](C)(C)C#CC(=O)O.C[Si](C)(C)C#CC(=O)O. The summed E-state index contributed by atoms with van der Waals surface area (Å²) in [5.41, 5.74) is 18.5. The van der Waals surface area contributed by atoms with Crippen LogP contribution in [0, 0.1) is 64.2 Å². The number of halogens is 3. The maximum atomic E-state index is 13.7. The predicted octanol–water partition coefficient (Wildman–Crippen LogP) is 16.8. The van der Waals surface area contributed by atoms with E-state index in [0.29, 0.717) is 6.04 Å². The molecule has 0 saturated heterocycles. The van der Waals surface area contributed by atoms with E-state index in [-0.39, 0.29) is 59.5 Å². The Morgan fingerprint density at radius 1 is 0.475 bits per heavy atom. The number of fused-ring (bicyclic) bond motifs is 3. The number of ether oxygens (including phenoxy) is 3. The van der Waals surface area contributed by atoms with Crippen molar-refractivity contribution in [1.29, 1.82) is 0 Å². The van der Waals surface area contributed by atoms with Crippen molar-refractivity contribution >= 4 is 48.0 Å². The second-order valence-corrected chi connectivity index (χ2v) is 42.2. The molecule has 99 heavy (non-hydrogen) atoms. The van der Waals surface area contributed by atoms with Gasteiger partial charge in [-0.25, -0.2) is 22.8 Å². The average Bonchev–Trinajstić information content (AvgIpc) is 0.769. The van der Waals surface area contributed by atoms with E-state index in [1.165, 1.54) is 65.9 Å². The zero-order chi connectivity index (χ0) is 73.2. The maximum Gasteiger partial charge on any atom is 0.381 e. The highest BCUT2D eigenvalue weighted by atomic mass is 28.3. The summed E-state index contributed by atoms with van der Waals surface area (Å²) in [4.78, 5) is 49.7. The molecule has 0 spiro atoms. The monoisotopic (exact) mass is 1400 g/mol. The second kappa shape index (κ2) is 38.6. The number of methoxy groups -OCH3 is 3. The van der Waals surface area contributed by atoms with E-state index in [1.54, 1.807) is 50.5 Å². The summed E-state index contributed by atoms with van der Waals surface area (Å²) in [5.74, 6) is 8.68. The highest BCUT2D eigenvalue weighted by Crippen LogP contribution is 2.43. The molecule has 3 aliphatic rings. The molecule has 12 nitrogen and oxygen atoms in total. The van der Waals surface area contributed by atoms with Gasteiger partial charge in [-0.15, -0.1) is 23.1 Å². The lowest BCUT2D eigenvalue weighted by atomic mass is 9.83. The van der Waals surface area contributed by atoms with Crippen LogP contribution in [0.4, 0.5) is 13.2 Å². The van der Waals surface area contributed by atoms with E-state index in [0.717, 1.165) is 115 Å². The smallest absolute Gasteiger partial charge is 0.381 e. The van der Waals surface area contributed by atoms with Crippen molar-refractivity contribution in [2.24, 2.45) is 0 Å². The number of rotatable bonds is 15. The van der Waals surface area contributed by atoms with Gasteiger partial charge in [0.1, 0.15) is 58.9 Å². The number of carbonyl (C=O) groups is 4. The van der Waals surface area contributed by atoms with Crippen LogP contribution in [0.25, 0.3) is 0 Å². The van der Waals surface area contributed by atoms with Crippen LogP contribution in [0.5, 0.6) is 17.2 Å². The molecule has 18 heteroatoms. The van der Waals surface area contributed by atoms with Crippen molar-refractivity contribution in [3.63, 3.8) is 0 Å². The van der Waals surface area contributed by atoms with Gasteiger partial charge in [-0.1, -0.05) is 173 Å². The highest BCUT2D eigenvalue weighted by molar-refractivity contribution is 6.84. The molecule has 526 valence electrons. The summed E-state index contributed by atoms with van der Waals surface area (Å²) in [5, 5.41) is 20.0. The Bertz CT molecular complexity index is 3880. The fourth-order valence-electron chi connectivity index (χ4n) is 11.9. The minimum Gasteiger partial charge on any atom is -0.497 e. The van der Waals surface area contributed by atoms with Crippen molar-refractivity contribution in [3.05, 3.63) is 195 Å². The first-order chi connectivity index (χ1) is 46.9. The molecule has 0 bridgehead atoms. The number of carbonyl (C=O) groups excluding carboxylic acids is 2. The average molecular weight is 1400 g/mol. The van der Waals surface area contributed by atoms with E-state index in [4.69, 9.17) is 30.8 Å². The third-order valence-corrected chi connectivity index (χ3v) is 19.2. The molecular weight excluding hydrogens is 1300 g/mol. The molecule has 0 fully saturated rings. The Balaban J connectivity index is 0.000000239. The summed E-state index contributed by atoms with van der Waals surface area (Å²) in [6.45, 7) is 24.9. The Kier molecular flexibility index (Phi) is 31.5. The molecule has 6 atom stereocenters. The van der Waals surface area contributed by atoms with E-state index in [2.05, 4.69) is 104 Å². The molecule has 0 aliphatic carbocycles. The van der Waals surface area contributed by atoms with Crippen LogP contribution in [0.3, 0.4) is 0 Å². The van der Waals surface area contributed by atoms with Crippen molar-refractivity contribution < 1.29 is 56.8 Å². The van der Waals surface area contributed by atoms with Gasteiger partial charge in [-0.05, 0) is 173 Å². The Hall–Kier alpha value is -8.76. The normalized spacial score (nSPS) is 17.1. The number of carboxylic acids is 2. The lowest BCUT2D eigenvalue weighted by molar-refractivity contribution is -0.131. The van der Waals surface area contributed by atoms with Gasteiger partial charge in [0.15, 0.2) is 0 Å². The number of nitrogens with one attached hydrogen (secondary N) is 1. The Morgan fingerprint density at radius 3 is 1.14 bits per heavy atom. The minimum atomic E-state index is -1.70. The van der Waals surface area contributed by atoms with E-state index < -0.39 is 36.2 Å². The maximum absolute atomic E-state index is 13.7. The molecule has 0 aromatic heterocycles. The molecule has 6 aromatic rings. The molecule has 6 aromatic carbocycles. The number of hydrogen-bond acceptors (Lipinski definition) is 8. The van der Waals surface area contributed by atoms with Crippen molar-refractivity contribution in [2.45, 2.75) is 193 Å². The molecular formula is C81H100F3N3O9Si3. The van der Waals surface area contributed by atoms with Crippen LogP contribution in [-0.4, -0.2) is 107 Å². The van der Waals surface area contributed by atoms with Crippen molar-refractivity contribution in [3.8, 4) is 64.0 Å². The summed E-state index contributed by atoms with van der Waals surface area (Å²) >= 11 is 0. The zero-order valence-electron chi connectivity index (χ0n) is 60.4. The topological polar surface area (TPSA) is 155 Å². The number of terminal acetylenes is 1. The van der Waals surface area contributed by atoms with E-state index in [1.807, 2.05) is 92.7 Å². The Labute approximate surface area is 589 Å². The molecule has 0 saturated carbocycles. The van der Waals surface area contributed by atoms with Crippen LogP contribution in [0.15, 0.2) is 127 Å². The van der Waals surface area contributed by atoms with Gasteiger partial charge in [-0.2, -0.15) is 0 Å². The van der Waals surface area contributed by atoms with Crippen molar-refractivity contribution in [2.75, 3.05) is 21.3 Å². The van der Waals surface area contributed by atoms with Gasteiger partial charge >= 0.3 is 11.9 Å². The minimum absolute atomic E-state index is 0.00293. The second-order valence-electron chi connectivity index (χ2n) is 28.0. The Morgan fingerprint density at radius 2 is 0.808 bits per heavy atom. The number of aliphatic carboxylic acids is 2. The van der Waals surface area contributed by atoms with Crippen LogP contribution >= 0.6 is 0 Å². The third-order valence-electron chi connectivity index (χ3n) is 16.6. The summed E-state index contributed by atoms with van der Waals surface area (Å²) < 4.78 is 56.6. The summed E-state index contributed by atoms with van der Waals surface area (Å²) in [7, 11) is 0.389. The summed E-state index contributed by atoms with van der Waals surface area (Å²) in [6.07, 6.45) is 17.5. The van der Waals surface area contributed by atoms with Gasteiger partial charge in [0, 0.05) is 30.0 Å². The van der Waals surface area contributed by atoms with E-state index >= 15 is 0 Å². The number of carboxylic acid groups (broad SMARTS) is 2. The fraction of sp³-hybridized carbons (Fsp3) is 0.407. The van der Waals surface area contributed by atoms with Gasteiger partial charge in [0.05, 0.1) is 39.5 Å². The molecule has 0 radical (unpaired) electrons. The van der Waals surface area contributed by atoms with Crippen LogP contribution in [-0.2, 0) is 38.4 Å². The first-order valence-corrected chi connectivity index (χ1v) is 44.6. The third kappa shape index (κ3) is 25.8. The highest BCUT2D eigenvalue weighted by Gasteiger charge is 2.40. The largest absolute Gasteiger partial charge is 0.497 e. The molecule has 0 unspecified atom stereocenters. The summed E-state index contributed by atoms with van der Waals surface area (Å²) in [6, 6.07) is 37.8. The number of hydrogen-bond donors (Lipinski definition) is 3.